The SMILES string of the molecule is CC/C=C\C/C=C\C/C=C\C/C=C\C/C=C\CCC(=O)OC(COC(=O)CCC/C=C\C/C=C\C/C=C\CCCCCCCC)COC(=O)CCCCCCCC/C=C\C=C/CCCCC. The van der Waals surface area contributed by atoms with E-state index >= 15 is 0 Å². The zero-order valence-electron chi connectivity index (χ0n) is 42.4. The lowest BCUT2D eigenvalue weighted by Crippen LogP contribution is -2.30. The van der Waals surface area contributed by atoms with Gasteiger partial charge in [-0.05, 0) is 109 Å². The summed E-state index contributed by atoms with van der Waals surface area (Å²) in [6, 6.07) is 0. The number of unbranched alkanes of at least 4 members (excludes halogenated alkanes) is 16. The summed E-state index contributed by atoms with van der Waals surface area (Å²) in [5.74, 6) is -1.09. The Morgan fingerprint density at radius 2 is 0.682 bits per heavy atom. The number of hydrogen-bond donors (Lipinski definition) is 0. The van der Waals surface area contributed by atoms with Crippen LogP contribution in [0, 0.1) is 0 Å². The van der Waals surface area contributed by atoms with E-state index in [9.17, 15) is 14.4 Å². The Balaban J connectivity index is 4.61. The molecule has 0 aliphatic carbocycles. The second-order valence-electron chi connectivity index (χ2n) is 17.1. The van der Waals surface area contributed by atoms with Gasteiger partial charge in [-0.2, -0.15) is 0 Å². The first-order valence-electron chi connectivity index (χ1n) is 26.6. The minimum atomic E-state index is -0.846. The van der Waals surface area contributed by atoms with Gasteiger partial charge in [0.25, 0.3) is 0 Å². The number of allylic oxidation sites excluding steroid dienone is 20. The molecule has 0 aliphatic heterocycles. The molecule has 0 saturated carbocycles. The van der Waals surface area contributed by atoms with Crippen molar-refractivity contribution in [3.63, 3.8) is 0 Å². The summed E-state index contributed by atoms with van der Waals surface area (Å²) in [4.78, 5) is 38.0. The second kappa shape index (κ2) is 53.4. The lowest BCUT2D eigenvalue weighted by molar-refractivity contribution is -0.166. The van der Waals surface area contributed by atoms with E-state index in [4.69, 9.17) is 14.2 Å². The largest absolute Gasteiger partial charge is 0.462 e. The molecule has 372 valence electrons. The van der Waals surface area contributed by atoms with Crippen LogP contribution >= 0.6 is 0 Å². The first-order valence-corrected chi connectivity index (χ1v) is 26.6. The fourth-order valence-electron chi connectivity index (χ4n) is 6.73. The summed E-state index contributed by atoms with van der Waals surface area (Å²) in [5, 5.41) is 0. The summed E-state index contributed by atoms with van der Waals surface area (Å²) < 4.78 is 16.7. The second-order valence-corrected chi connectivity index (χ2v) is 17.1. The number of carbonyl (C=O) groups is 3. The smallest absolute Gasteiger partial charge is 0.306 e. The molecule has 0 saturated heterocycles. The molecule has 0 amide bonds. The fourth-order valence-corrected chi connectivity index (χ4v) is 6.73. The third-order valence-corrected chi connectivity index (χ3v) is 10.7. The Hall–Kier alpha value is -4.19. The molecule has 0 aromatic rings. The normalized spacial score (nSPS) is 13.1. The monoisotopic (exact) mass is 913 g/mol. The van der Waals surface area contributed by atoms with Crippen molar-refractivity contribution >= 4 is 17.9 Å². The van der Waals surface area contributed by atoms with Crippen LogP contribution in [0.1, 0.15) is 220 Å². The van der Waals surface area contributed by atoms with Crippen LogP contribution in [0.15, 0.2) is 122 Å². The van der Waals surface area contributed by atoms with Gasteiger partial charge in [0.15, 0.2) is 6.10 Å². The molecule has 0 spiro atoms. The summed E-state index contributed by atoms with van der Waals surface area (Å²) in [6.07, 6.45) is 73.4. The van der Waals surface area contributed by atoms with Crippen molar-refractivity contribution in [2.75, 3.05) is 13.2 Å². The van der Waals surface area contributed by atoms with Crippen LogP contribution in [0.25, 0.3) is 0 Å². The van der Waals surface area contributed by atoms with Crippen LogP contribution in [-0.2, 0) is 28.6 Å². The van der Waals surface area contributed by atoms with Crippen LogP contribution in [0.4, 0.5) is 0 Å². The molecule has 0 bridgehead atoms. The molecular weight excluding hydrogens is 817 g/mol. The lowest BCUT2D eigenvalue weighted by Gasteiger charge is -2.18. The van der Waals surface area contributed by atoms with Crippen molar-refractivity contribution in [2.45, 2.75) is 226 Å². The van der Waals surface area contributed by atoms with Gasteiger partial charge in [0.1, 0.15) is 13.2 Å². The van der Waals surface area contributed by atoms with E-state index in [-0.39, 0.29) is 38.0 Å². The highest BCUT2D eigenvalue weighted by Gasteiger charge is 2.19. The number of rotatable bonds is 46. The standard InChI is InChI=1S/C60H96O6/c1-4-7-10-13-16-19-22-25-28-30-33-35-38-41-44-47-50-53-59(62)65-56-57(55-64-58(61)52-49-46-43-40-37-34-31-27-24-21-18-15-12-9-6-3)66-60(63)54-51-48-45-42-39-36-32-29-26-23-20-17-14-11-8-5-2/h8,11,17-18,20-21,24-29,33,35-36,39,41,44-45,48,57H,4-7,9-10,12-16,19,22-23,30-32,34,37-38,40,42-43,46-47,49-56H2,1-3H3/b11-8-,20-17-,21-18-,27-24-,28-25-,29-26-,35-33-,39-36-,44-41-,48-45-. The van der Waals surface area contributed by atoms with E-state index in [0.717, 1.165) is 89.9 Å². The van der Waals surface area contributed by atoms with Crippen molar-refractivity contribution in [3.8, 4) is 0 Å². The molecule has 66 heavy (non-hydrogen) atoms. The van der Waals surface area contributed by atoms with Crippen molar-refractivity contribution in [3.05, 3.63) is 122 Å². The maximum absolute atomic E-state index is 12.8. The molecule has 0 aromatic carbocycles. The maximum atomic E-state index is 12.8. The average molecular weight is 913 g/mol. The van der Waals surface area contributed by atoms with Crippen LogP contribution in [0.5, 0.6) is 0 Å². The summed E-state index contributed by atoms with van der Waals surface area (Å²) in [6.45, 7) is 6.35. The highest BCUT2D eigenvalue weighted by atomic mass is 16.6. The first-order chi connectivity index (χ1) is 32.5. The predicted octanol–water partition coefficient (Wildman–Crippen LogP) is 17.7. The molecule has 0 N–H and O–H groups in total. The first kappa shape index (κ1) is 61.8. The minimum Gasteiger partial charge on any atom is -0.462 e. The third kappa shape index (κ3) is 50.8. The van der Waals surface area contributed by atoms with Gasteiger partial charge >= 0.3 is 17.9 Å². The summed E-state index contributed by atoms with van der Waals surface area (Å²) in [5.41, 5.74) is 0. The fraction of sp³-hybridized carbons (Fsp3) is 0.617. The zero-order chi connectivity index (χ0) is 47.9. The van der Waals surface area contributed by atoms with Gasteiger partial charge in [0.2, 0.25) is 0 Å². The Kier molecular flexibility index (Phi) is 50.0. The highest BCUT2D eigenvalue weighted by Crippen LogP contribution is 2.12. The Labute approximate surface area is 405 Å². The molecule has 6 nitrogen and oxygen atoms in total. The number of carbonyl (C=O) groups excluding carboxylic acids is 3. The number of ether oxygens (including phenoxy) is 3. The summed E-state index contributed by atoms with van der Waals surface area (Å²) >= 11 is 0. The molecule has 0 fully saturated rings. The van der Waals surface area contributed by atoms with Gasteiger partial charge in [-0.1, -0.05) is 213 Å². The molecule has 1 unspecified atom stereocenters. The lowest BCUT2D eigenvalue weighted by atomic mass is 10.1. The topological polar surface area (TPSA) is 78.9 Å². The third-order valence-electron chi connectivity index (χ3n) is 10.7. The van der Waals surface area contributed by atoms with E-state index < -0.39 is 12.1 Å². The Morgan fingerprint density at radius 3 is 1.17 bits per heavy atom. The molecule has 0 aliphatic rings. The molecule has 6 heteroatoms. The molecular formula is C60H96O6. The van der Waals surface area contributed by atoms with E-state index in [1.165, 1.54) is 77.0 Å². The van der Waals surface area contributed by atoms with E-state index in [1.807, 2.05) is 12.2 Å². The van der Waals surface area contributed by atoms with E-state index in [1.54, 1.807) is 0 Å². The van der Waals surface area contributed by atoms with Crippen LogP contribution in [-0.4, -0.2) is 37.2 Å². The number of hydrogen-bond acceptors (Lipinski definition) is 6. The summed E-state index contributed by atoms with van der Waals surface area (Å²) in [7, 11) is 0. The molecule has 1 atom stereocenters. The van der Waals surface area contributed by atoms with Gasteiger partial charge < -0.3 is 14.2 Å². The van der Waals surface area contributed by atoms with Crippen molar-refractivity contribution in [1.82, 2.24) is 0 Å². The van der Waals surface area contributed by atoms with Crippen LogP contribution < -0.4 is 0 Å². The van der Waals surface area contributed by atoms with Gasteiger partial charge in [-0.3, -0.25) is 14.4 Å². The Morgan fingerprint density at radius 1 is 0.333 bits per heavy atom. The highest BCUT2D eigenvalue weighted by molar-refractivity contribution is 5.71. The number of esters is 3. The Bertz CT molecular complexity index is 1420. The van der Waals surface area contributed by atoms with Gasteiger partial charge in [0, 0.05) is 19.3 Å². The minimum absolute atomic E-state index is 0.133. The quantitative estimate of drug-likeness (QED) is 0.0199. The van der Waals surface area contributed by atoms with Crippen molar-refractivity contribution in [1.29, 1.82) is 0 Å². The van der Waals surface area contributed by atoms with E-state index in [2.05, 4.69) is 130 Å². The van der Waals surface area contributed by atoms with E-state index in [0.29, 0.717) is 19.3 Å². The van der Waals surface area contributed by atoms with Gasteiger partial charge in [0.05, 0.1) is 0 Å². The van der Waals surface area contributed by atoms with Gasteiger partial charge in [-0.15, -0.1) is 0 Å². The zero-order valence-corrected chi connectivity index (χ0v) is 42.4. The molecule has 0 aromatic heterocycles. The van der Waals surface area contributed by atoms with Crippen LogP contribution in [0.3, 0.4) is 0 Å². The van der Waals surface area contributed by atoms with Gasteiger partial charge in [-0.25, -0.2) is 0 Å². The predicted molar refractivity (Wildman–Crippen MR) is 283 cm³/mol. The van der Waals surface area contributed by atoms with Crippen molar-refractivity contribution < 1.29 is 28.6 Å². The average Bonchev–Trinajstić information content (AvgIpc) is 3.31. The van der Waals surface area contributed by atoms with Crippen molar-refractivity contribution in [2.24, 2.45) is 0 Å². The molecule has 0 heterocycles. The molecule has 0 rings (SSSR count). The van der Waals surface area contributed by atoms with Crippen LogP contribution in [0.2, 0.25) is 0 Å². The molecule has 0 radical (unpaired) electrons. The maximum Gasteiger partial charge on any atom is 0.306 e.